The number of fused-ring (bicyclic) bond motifs is 2. The number of amides is 2. The van der Waals surface area contributed by atoms with Crippen molar-refractivity contribution in [3.8, 4) is 0 Å². The standard InChI is InChI=1S/C27H25N3O.C24H27N3O/c31-27(23-11-5-2-6-12-23)30(25-19-24-13-7-8-14-26(24)28-20-25)29-17-15-22(16-18-29)21-9-3-1-4-10-21;1-2-7-18-12-14-27(15-13-18)23-11-6-4-9-21(23)24(28)26-20-16-19-8-3-5-10-22(19)25-17-20/h1-14,19-20,22H,15-18H2;3-6,8-11,16-18H,2,7,12-15H2,1H3,(H,26,28). The Bertz CT molecular complexity index is 2480. The molecule has 0 spiro atoms. The Balaban J connectivity index is 0.000000165. The third-order valence-corrected chi connectivity index (χ3v) is 11.7. The van der Waals surface area contributed by atoms with Crippen molar-refractivity contribution >= 4 is 50.7 Å². The largest absolute Gasteiger partial charge is 0.371 e. The molecule has 5 aromatic carbocycles. The maximum Gasteiger partial charge on any atom is 0.272 e. The number of para-hydroxylation sites is 3. The highest BCUT2D eigenvalue weighted by atomic mass is 16.2. The van der Waals surface area contributed by atoms with Crippen LogP contribution in [0, 0.1) is 5.92 Å². The molecule has 298 valence electrons. The van der Waals surface area contributed by atoms with Gasteiger partial charge in [-0.3, -0.25) is 19.6 Å². The lowest BCUT2D eigenvalue weighted by Gasteiger charge is -2.39. The third kappa shape index (κ3) is 9.51. The van der Waals surface area contributed by atoms with E-state index in [2.05, 4.69) is 74.6 Å². The van der Waals surface area contributed by atoms with E-state index in [1.165, 1.54) is 31.2 Å². The van der Waals surface area contributed by atoms with Crippen LogP contribution in [-0.2, 0) is 0 Å². The Morgan fingerprint density at radius 2 is 1.25 bits per heavy atom. The number of hydrazine groups is 1. The minimum atomic E-state index is -0.0802. The summed E-state index contributed by atoms with van der Waals surface area (Å²) in [6.07, 6.45) is 10.5. The summed E-state index contributed by atoms with van der Waals surface area (Å²) in [4.78, 5) is 38.0. The highest BCUT2D eigenvalue weighted by molar-refractivity contribution is 6.09. The van der Waals surface area contributed by atoms with Crippen molar-refractivity contribution < 1.29 is 9.59 Å². The molecule has 0 unspecified atom stereocenters. The molecule has 7 aromatic rings. The number of aromatic nitrogens is 2. The zero-order valence-electron chi connectivity index (χ0n) is 33.8. The average Bonchev–Trinajstić information content (AvgIpc) is 3.30. The van der Waals surface area contributed by atoms with Gasteiger partial charge in [-0.2, -0.15) is 0 Å². The molecular weight excluding hydrogens is 729 g/mol. The van der Waals surface area contributed by atoms with Crippen LogP contribution in [0.15, 0.2) is 158 Å². The molecule has 8 nitrogen and oxygen atoms in total. The monoisotopic (exact) mass is 780 g/mol. The van der Waals surface area contributed by atoms with E-state index in [-0.39, 0.29) is 11.8 Å². The summed E-state index contributed by atoms with van der Waals surface area (Å²) in [6.45, 7) is 5.95. The number of rotatable bonds is 9. The maximum atomic E-state index is 13.6. The van der Waals surface area contributed by atoms with Gasteiger partial charge in [-0.15, -0.1) is 0 Å². The van der Waals surface area contributed by atoms with Crippen molar-refractivity contribution in [3.05, 3.63) is 175 Å². The molecule has 2 fully saturated rings. The minimum Gasteiger partial charge on any atom is -0.371 e. The summed E-state index contributed by atoms with van der Waals surface area (Å²) in [5.74, 6) is 1.26. The lowest BCUT2D eigenvalue weighted by molar-refractivity contribution is 0.0863. The van der Waals surface area contributed by atoms with Gasteiger partial charge in [-0.05, 0) is 91.6 Å². The summed E-state index contributed by atoms with van der Waals surface area (Å²) in [5, 5.41) is 9.09. The van der Waals surface area contributed by atoms with Crippen molar-refractivity contribution in [2.75, 3.05) is 41.4 Å². The number of benzene rings is 5. The molecule has 2 aliphatic rings. The molecule has 9 rings (SSSR count). The van der Waals surface area contributed by atoms with E-state index in [1.807, 2.05) is 114 Å². The zero-order chi connectivity index (χ0) is 40.4. The van der Waals surface area contributed by atoms with E-state index < -0.39 is 0 Å². The first kappa shape index (κ1) is 39.4. The zero-order valence-corrected chi connectivity index (χ0v) is 33.8. The van der Waals surface area contributed by atoms with E-state index in [4.69, 9.17) is 0 Å². The van der Waals surface area contributed by atoms with Crippen LogP contribution in [0.25, 0.3) is 21.8 Å². The molecular formula is C51H52N6O2. The van der Waals surface area contributed by atoms with E-state index in [9.17, 15) is 9.59 Å². The normalized spacial score (nSPS) is 15.0. The Kier molecular flexibility index (Phi) is 12.6. The fraction of sp³-hybridized carbons (Fsp3) is 0.255. The van der Waals surface area contributed by atoms with Crippen LogP contribution < -0.4 is 15.2 Å². The molecule has 0 saturated carbocycles. The third-order valence-electron chi connectivity index (χ3n) is 11.7. The van der Waals surface area contributed by atoms with Gasteiger partial charge in [-0.25, -0.2) is 10.0 Å². The summed E-state index contributed by atoms with van der Waals surface area (Å²) >= 11 is 0. The van der Waals surface area contributed by atoms with Crippen LogP contribution >= 0.6 is 0 Å². The van der Waals surface area contributed by atoms with Crippen LogP contribution in [0.3, 0.4) is 0 Å². The van der Waals surface area contributed by atoms with Gasteiger partial charge in [0.2, 0.25) is 0 Å². The molecule has 59 heavy (non-hydrogen) atoms. The van der Waals surface area contributed by atoms with Gasteiger partial charge in [-0.1, -0.05) is 117 Å². The van der Waals surface area contributed by atoms with Gasteiger partial charge < -0.3 is 10.2 Å². The second-order valence-corrected chi connectivity index (χ2v) is 15.6. The summed E-state index contributed by atoms with van der Waals surface area (Å²) in [7, 11) is 0. The van der Waals surface area contributed by atoms with Gasteiger partial charge >= 0.3 is 0 Å². The minimum absolute atomic E-state index is 0.0177. The quantitative estimate of drug-likeness (QED) is 0.157. The fourth-order valence-corrected chi connectivity index (χ4v) is 8.56. The number of pyridine rings is 2. The second-order valence-electron chi connectivity index (χ2n) is 15.6. The highest BCUT2D eigenvalue weighted by Crippen LogP contribution is 2.32. The molecule has 4 heterocycles. The van der Waals surface area contributed by atoms with E-state index in [0.717, 1.165) is 89.4 Å². The van der Waals surface area contributed by atoms with Crippen molar-refractivity contribution in [1.29, 1.82) is 0 Å². The average molecular weight is 781 g/mol. The highest BCUT2D eigenvalue weighted by Gasteiger charge is 2.30. The van der Waals surface area contributed by atoms with E-state index in [1.54, 1.807) is 6.20 Å². The van der Waals surface area contributed by atoms with Gasteiger partial charge in [0, 0.05) is 48.2 Å². The Hall–Kier alpha value is -6.38. The van der Waals surface area contributed by atoms with Crippen molar-refractivity contribution in [1.82, 2.24) is 15.0 Å². The molecule has 2 aromatic heterocycles. The first-order valence-electron chi connectivity index (χ1n) is 21.1. The first-order chi connectivity index (χ1) is 29.0. The predicted octanol–water partition coefficient (Wildman–Crippen LogP) is 11.2. The predicted molar refractivity (Wildman–Crippen MR) is 241 cm³/mol. The topological polar surface area (TPSA) is 81.7 Å². The Morgan fingerprint density at radius 1 is 0.661 bits per heavy atom. The van der Waals surface area contributed by atoms with Gasteiger partial charge in [0.15, 0.2) is 0 Å². The number of nitrogens with one attached hydrogen (secondary N) is 1. The number of carbonyl (C=O) groups excluding carboxylic acids is 2. The van der Waals surface area contributed by atoms with Crippen LogP contribution in [0.1, 0.15) is 77.6 Å². The smallest absolute Gasteiger partial charge is 0.272 e. The van der Waals surface area contributed by atoms with E-state index in [0.29, 0.717) is 11.5 Å². The molecule has 0 aliphatic carbocycles. The SMILES string of the molecule is CCCC1CCN(c2ccccc2C(=O)Nc2cnc3ccccc3c2)CC1.O=C(c1ccccc1)N(c1cnc2ccccc2c1)N1CCC(c2ccccc2)CC1. The van der Waals surface area contributed by atoms with Gasteiger partial charge in [0.25, 0.3) is 11.8 Å². The number of piperidine rings is 2. The van der Waals surface area contributed by atoms with Crippen LogP contribution in [-0.4, -0.2) is 53.0 Å². The number of nitrogens with zero attached hydrogens (tertiary/aromatic N) is 5. The molecule has 8 heteroatoms. The molecule has 0 radical (unpaired) electrons. The number of hydrogen-bond acceptors (Lipinski definition) is 6. The molecule has 2 amide bonds. The van der Waals surface area contributed by atoms with Gasteiger partial charge in [0.1, 0.15) is 0 Å². The lowest BCUT2D eigenvalue weighted by atomic mass is 9.90. The summed E-state index contributed by atoms with van der Waals surface area (Å²) in [6, 6.07) is 48.1. The Labute approximate surface area is 347 Å². The maximum absolute atomic E-state index is 13.6. The lowest BCUT2D eigenvalue weighted by Crippen LogP contribution is -2.50. The number of hydrogen-bond donors (Lipinski definition) is 1. The fourth-order valence-electron chi connectivity index (χ4n) is 8.56. The summed E-state index contributed by atoms with van der Waals surface area (Å²) in [5.41, 5.74) is 7.22. The van der Waals surface area contributed by atoms with Crippen LogP contribution in [0.2, 0.25) is 0 Å². The molecule has 2 aliphatic heterocycles. The molecule has 2 saturated heterocycles. The summed E-state index contributed by atoms with van der Waals surface area (Å²) < 4.78 is 0. The van der Waals surface area contributed by atoms with Crippen LogP contribution in [0.4, 0.5) is 17.1 Å². The Morgan fingerprint density at radius 3 is 1.95 bits per heavy atom. The van der Waals surface area contributed by atoms with E-state index >= 15 is 0 Å². The van der Waals surface area contributed by atoms with Crippen LogP contribution in [0.5, 0.6) is 0 Å². The number of carbonyl (C=O) groups is 2. The molecule has 0 bridgehead atoms. The van der Waals surface area contributed by atoms with Crippen molar-refractivity contribution in [2.24, 2.45) is 5.92 Å². The molecule has 1 N–H and O–H groups in total. The number of anilines is 3. The van der Waals surface area contributed by atoms with Crippen molar-refractivity contribution in [3.63, 3.8) is 0 Å². The first-order valence-corrected chi connectivity index (χ1v) is 21.1. The molecule has 0 atom stereocenters. The second kappa shape index (κ2) is 18.9. The van der Waals surface area contributed by atoms with Crippen molar-refractivity contribution in [2.45, 2.75) is 51.4 Å². The van der Waals surface area contributed by atoms with Gasteiger partial charge in [0.05, 0.1) is 40.4 Å².